The zero-order valence-corrected chi connectivity index (χ0v) is 20.6. The van der Waals surface area contributed by atoms with Gasteiger partial charge in [0.05, 0.1) is 41.7 Å². The van der Waals surface area contributed by atoms with Gasteiger partial charge in [-0.1, -0.05) is 12.1 Å². The molecule has 0 bridgehead atoms. The highest BCUT2D eigenvalue weighted by Gasteiger charge is 2.37. The number of aromatic nitrogens is 1. The number of nitrogens with zero attached hydrogens (tertiary/aromatic N) is 1. The molecule has 6 nitrogen and oxygen atoms in total. The van der Waals surface area contributed by atoms with Crippen LogP contribution in [0.15, 0.2) is 41.3 Å². The Hall–Kier alpha value is -2.92. The van der Waals surface area contributed by atoms with Crippen molar-refractivity contribution in [3.63, 3.8) is 0 Å². The number of esters is 1. The molecule has 1 aliphatic rings. The number of ether oxygens (including phenoxy) is 1. The summed E-state index contributed by atoms with van der Waals surface area (Å²) in [6.45, 7) is 1.67. The number of carbonyl (C=O) groups excluding carboxylic acids is 1. The quantitative estimate of drug-likeness (QED) is 0.360. The SMILES string of the molecule is COC(=O)C[C@H]1CC[C@H](O)c2c1n([C@@H](C)c1ccc(C(F)(F)F)cc1)c1c(S(C)(=O)=O)cc(F)cc21. The monoisotopic (exact) mass is 527 g/mol. The Kier molecular flexibility index (Phi) is 6.67. The maximum atomic E-state index is 14.6. The summed E-state index contributed by atoms with van der Waals surface area (Å²) in [5.74, 6) is -1.82. The van der Waals surface area contributed by atoms with E-state index in [2.05, 4.69) is 0 Å². The first-order chi connectivity index (χ1) is 16.7. The minimum absolute atomic E-state index is 0.0665. The second kappa shape index (κ2) is 9.19. The van der Waals surface area contributed by atoms with E-state index in [4.69, 9.17) is 4.74 Å². The van der Waals surface area contributed by atoms with Gasteiger partial charge in [-0.15, -0.1) is 0 Å². The van der Waals surface area contributed by atoms with Crippen molar-refractivity contribution >= 4 is 26.7 Å². The molecule has 2 aromatic carbocycles. The molecule has 0 aliphatic heterocycles. The van der Waals surface area contributed by atoms with Crippen molar-refractivity contribution < 1.29 is 40.6 Å². The van der Waals surface area contributed by atoms with Gasteiger partial charge in [0.25, 0.3) is 0 Å². The summed E-state index contributed by atoms with van der Waals surface area (Å²) in [6.07, 6.45) is -4.08. The number of sulfone groups is 1. The van der Waals surface area contributed by atoms with Crippen molar-refractivity contribution in [2.24, 2.45) is 0 Å². The van der Waals surface area contributed by atoms with Gasteiger partial charge < -0.3 is 14.4 Å². The molecule has 3 aromatic rings. The molecule has 194 valence electrons. The second-order valence-electron chi connectivity index (χ2n) is 9.11. The van der Waals surface area contributed by atoms with E-state index in [0.29, 0.717) is 23.2 Å². The smallest absolute Gasteiger partial charge is 0.416 e. The maximum absolute atomic E-state index is 14.6. The van der Waals surface area contributed by atoms with E-state index in [1.165, 1.54) is 19.2 Å². The zero-order chi connectivity index (χ0) is 26.6. The Morgan fingerprint density at radius 2 is 1.83 bits per heavy atom. The highest BCUT2D eigenvalue weighted by Crippen LogP contribution is 2.48. The summed E-state index contributed by atoms with van der Waals surface area (Å²) in [4.78, 5) is 11.9. The molecule has 1 heterocycles. The predicted molar refractivity (Wildman–Crippen MR) is 124 cm³/mol. The lowest BCUT2D eigenvalue weighted by atomic mass is 9.82. The Morgan fingerprint density at radius 3 is 2.39 bits per heavy atom. The molecule has 1 aliphatic carbocycles. The number of aliphatic hydroxyl groups is 1. The average Bonchev–Trinajstić information content (AvgIpc) is 3.14. The number of halogens is 4. The number of benzene rings is 2. The summed E-state index contributed by atoms with van der Waals surface area (Å²) < 4.78 is 85.9. The van der Waals surface area contributed by atoms with Gasteiger partial charge in [-0.25, -0.2) is 12.8 Å². The van der Waals surface area contributed by atoms with Crippen molar-refractivity contribution in [1.29, 1.82) is 0 Å². The molecular formula is C25H25F4NO5S. The third kappa shape index (κ3) is 4.61. The van der Waals surface area contributed by atoms with Crippen LogP contribution in [0.5, 0.6) is 0 Å². The Bertz CT molecular complexity index is 1430. The summed E-state index contributed by atoms with van der Waals surface area (Å²) in [7, 11) is -2.73. The summed E-state index contributed by atoms with van der Waals surface area (Å²) in [5.41, 5.74) is 0.483. The number of alkyl halides is 3. The average molecular weight is 528 g/mol. The Morgan fingerprint density at radius 1 is 1.19 bits per heavy atom. The van der Waals surface area contributed by atoms with Crippen LogP contribution in [0, 0.1) is 5.82 Å². The minimum atomic E-state index is -4.53. The van der Waals surface area contributed by atoms with Crippen LogP contribution in [0.2, 0.25) is 0 Å². The number of hydrogen-bond acceptors (Lipinski definition) is 5. The largest absolute Gasteiger partial charge is 0.469 e. The molecule has 1 N–H and O–H groups in total. The number of carbonyl (C=O) groups is 1. The van der Waals surface area contributed by atoms with Crippen molar-refractivity contribution in [2.45, 2.75) is 55.3 Å². The first-order valence-electron chi connectivity index (χ1n) is 11.2. The topological polar surface area (TPSA) is 85.6 Å². The number of hydrogen-bond donors (Lipinski definition) is 1. The highest BCUT2D eigenvalue weighted by molar-refractivity contribution is 7.91. The Balaban J connectivity index is 2.06. The molecule has 0 radical (unpaired) electrons. The molecule has 4 rings (SSSR count). The van der Waals surface area contributed by atoms with Crippen LogP contribution in [-0.4, -0.2) is 37.4 Å². The van der Waals surface area contributed by atoms with Gasteiger partial charge in [0.15, 0.2) is 9.84 Å². The van der Waals surface area contributed by atoms with Gasteiger partial charge in [-0.2, -0.15) is 13.2 Å². The molecule has 1 aromatic heterocycles. The standard InChI is InChI=1S/C25H25F4NO5S/c1-13(14-4-7-16(8-5-14)25(27,28)29)30-23-15(10-21(32)35-2)6-9-19(31)22(23)18-11-17(26)12-20(24(18)30)36(3,33)34/h4-5,7-8,11-13,15,19,31H,6,9-10H2,1-3H3/t13-,15+,19-/m0/s1. The molecule has 36 heavy (non-hydrogen) atoms. The van der Waals surface area contributed by atoms with E-state index < -0.39 is 51.4 Å². The molecule has 3 atom stereocenters. The van der Waals surface area contributed by atoms with E-state index in [9.17, 15) is 35.9 Å². The van der Waals surface area contributed by atoms with Crippen LogP contribution in [0.1, 0.15) is 66.6 Å². The van der Waals surface area contributed by atoms with Gasteiger partial charge in [0, 0.05) is 28.8 Å². The van der Waals surface area contributed by atoms with Crippen LogP contribution in [0.4, 0.5) is 17.6 Å². The van der Waals surface area contributed by atoms with Gasteiger partial charge in [-0.05, 0) is 49.6 Å². The Labute approximate surface area is 205 Å². The first kappa shape index (κ1) is 26.2. The summed E-state index contributed by atoms with van der Waals surface area (Å²) in [5, 5.41) is 11.1. The molecule has 0 saturated carbocycles. The van der Waals surface area contributed by atoms with Crippen molar-refractivity contribution in [1.82, 2.24) is 4.57 Å². The van der Waals surface area contributed by atoms with E-state index in [-0.39, 0.29) is 28.6 Å². The lowest BCUT2D eigenvalue weighted by Gasteiger charge is -2.30. The highest BCUT2D eigenvalue weighted by atomic mass is 32.2. The summed E-state index contributed by atoms with van der Waals surface area (Å²) in [6, 6.07) is 5.77. The second-order valence-corrected chi connectivity index (χ2v) is 11.1. The predicted octanol–water partition coefficient (Wildman–Crippen LogP) is 5.29. The molecule has 0 unspecified atom stereocenters. The molecule has 11 heteroatoms. The third-order valence-corrected chi connectivity index (χ3v) is 7.87. The number of fused-ring (bicyclic) bond motifs is 3. The first-order valence-corrected chi connectivity index (χ1v) is 13.1. The maximum Gasteiger partial charge on any atom is 0.416 e. The van der Waals surface area contributed by atoms with Crippen molar-refractivity contribution in [2.75, 3.05) is 13.4 Å². The fraction of sp³-hybridized carbons (Fsp3) is 0.400. The van der Waals surface area contributed by atoms with E-state index in [0.717, 1.165) is 30.5 Å². The minimum Gasteiger partial charge on any atom is -0.469 e. The van der Waals surface area contributed by atoms with Gasteiger partial charge in [0.2, 0.25) is 0 Å². The van der Waals surface area contributed by atoms with Crippen molar-refractivity contribution in [3.05, 3.63) is 64.6 Å². The molecular weight excluding hydrogens is 502 g/mol. The van der Waals surface area contributed by atoms with Crippen LogP contribution in [0.25, 0.3) is 10.9 Å². The fourth-order valence-corrected chi connectivity index (χ4v) is 5.98. The van der Waals surface area contributed by atoms with Crippen LogP contribution < -0.4 is 0 Å². The molecule has 0 saturated heterocycles. The molecule has 0 spiro atoms. The lowest BCUT2D eigenvalue weighted by Crippen LogP contribution is -2.22. The number of aliphatic hydroxyl groups excluding tert-OH is 1. The number of rotatable bonds is 5. The van der Waals surface area contributed by atoms with E-state index in [1.807, 2.05) is 0 Å². The van der Waals surface area contributed by atoms with Gasteiger partial charge >= 0.3 is 12.1 Å². The summed E-state index contributed by atoms with van der Waals surface area (Å²) >= 11 is 0. The zero-order valence-electron chi connectivity index (χ0n) is 19.8. The normalized spacial score (nSPS) is 19.2. The van der Waals surface area contributed by atoms with E-state index in [1.54, 1.807) is 11.5 Å². The molecule has 0 fully saturated rings. The van der Waals surface area contributed by atoms with Crippen molar-refractivity contribution in [3.8, 4) is 0 Å². The van der Waals surface area contributed by atoms with Crippen LogP contribution >= 0.6 is 0 Å². The third-order valence-electron chi connectivity index (χ3n) is 6.76. The lowest BCUT2D eigenvalue weighted by molar-refractivity contribution is -0.141. The van der Waals surface area contributed by atoms with E-state index >= 15 is 0 Å². The van der Waals surface area contributed by atoms with Gasteiger partial charge in [0.1, 0.15) is 5.82 Å². The molecule has 0 amide bonds. The van der Waals surface area contributed by atoms with Crippen LogP contribution in [0.3, 0.4) is 0 Å². The fourth-order valence-electron chi connectivity index (χ4n) is 5.09. The van der Waals surface area contributed by atoms with Crippen LogP contribution in [-0.2, 0) is 25.5 Å². The van der Waals surface area contributed by atoms with Gasteiger partial charge in [-0.3, -0.25) is 4.79 Å². The number of methoxy groups -OCH3 is 1.